The van der Waals surface area contributed by atoms with Gasteiger partial charge in [0.1, 0.15) is 5.75 Å². The lowest BCUT2D eigenvalue weighted by atomic mass is 10.1. The van der Waals surface area contributed by atoms with Crippen LogP contribution in [0.3, 0.4) is 0 Å². The third kappa shape index (κ3) is 6.98. The Balaban J connectivity index is 2.15. The average Bonchev–Trinajstić information content (AvgIpc) is 2.43. The fraction of sp³-hybridized carbons (Fsp3) is 0.625. The monoisotopic (exact) mass is 328 g/mol. The molecule has 0 aliphatic heterocycles. The first-order chi connectivity index (χ1) is 9.27. The van der Waals surface area contributed by atoms with Crippen LogP contribution in [0.2, 0.25) is 0 Å². The summed E-state index contributed by atoms with van der Waals surface area (Å²) in [4.78, 5) is 0. The summed E-state index contributed by atoms with van der Waals surface area (Å²) >= 11 is 3.54. The zero-order valence-electron chi connectivity index (χ0n) is 12.1. The van der Waals surface area contributed by atoms with Gasteiger partial charge < -0.3 is 9.47 Å². The molecule has 0 unspecified atom stereocenters. The molecular weight excluding hydrogens is 304 g/mol. The second-order valence-corrected chi connectivity index (χ2v) is 5.63. The van der Waals surface area contributed by atoms with E-state index in [1.54, 1.807) is 7.11 Å². The molecule has 0 heterocycles. The Kier molecular flexibility index (Phi) is 8.93. The molecule has 2 nitrogen and oxygen atoms in total. The molecule has 0 saturated carbocycles. The van der Waals surface area contributed by atoms with E-state index in [-0.39, 0.29) is 0 Å². The van der Waals surface area contributed by atoms with Crippen LogP contribution >= 0.6 is 15.9 Å². The number of hydrogen-bond acceptors (Lipinski definition) is 2. The highest BCUT2D eigenvalue weighted by atomic mass is 79.9. The molecule has 0 aliphatic rings. The molecule has 19 heavy (non-hydrogen) atoms. The summed E-state index contributed by atoms with van der Waals surface area (Å²) in [5.74, 6) is 0.876. The second kappa shape index (κ2) is 10.3. The summed E-state index contributed by atoms with van der Waals surface area (Å²) in [6, 6.07) is 5.97. The van der Waals surface area contributed by atoms with Gasteiger partial charge in [-0.3, -0.25) is 0 Å². The van der Waals surface area contributed by atoms with E-state index in [0.717, 1.165) is 28.8 Å². The summed E-state index contributed by atoms with van der Waals surface area (Å²) in [7, 11) is 1.68. The molecule has 0 spiro atoms. The number of ether oxygens (including phenoxy) is 2. The van der Waals surface area contributed by atoms with E-state index < -0.39 is 0 Å². The smallest absolute Gasteiger partial charge is 0.119 e. The van der Waals surface area contributed by atoms with Crippen LogP contribution in [0.5, 0.6) is 5.75 Å². The molecule has 0 aromatic heterocycles. The zero-order chi connectivity index (χ0) is 13.9. The maximum absolute atomic E-state index is 5.72. The molecule has 0 bridgehead atoms. The summed E-state index contributed by atoms with van der Waals surface area (Å²) in [5.41, 5.74) is 1.14. The molecule has 1 aromatic carbocycles. The molecule has 0 fully saturated rings. The largest absolute Gasteiger partial charge is 0.497 e. The zero-order valence-corrected chi connectivity index (χ0v) is 13.7. The van der Waals surface area contributed by atoms with Crippen molar-refractivity contribution in [1.82, 2.24) is 0 Å². The Morgan fingerprint density at radius 1 is 1.05 bits per heavy atom. The van der Waals surface area contributed by atoms with Crippen molar-refractivity contribution in [2.45, 2.75) is 52.1 Å². The average molecular weight is 329 g/mol. The lowest BCUT2D eigenvalue weighted by Gasteiger charge is -2.08. The molecule has 0 saturated heterocycles. The van der Waals surface area contributed by atoms with Crippen LogP contribution in [0, 0.1) is 0 Å². The van der Waals surface area contributed by atoms with Gasteiger partial charge in [0.15, 0.2) is 0 Å². The summed E-state index contributed by atoms with van der Waals surface area (Å²) in [5, 5.41) is 0. The molecule has 0 amide bonds. The Morgan fingerprint density at radius 3 is 2.53 bits per heavy atom. The highest BCUT2D eigenvalue weighted by molar-refractivity contribution is 9.10. The van der Waals surface area contributed by atoms with Crippen molar-refractivity contribution < 1.29 is 9.47 Å². The predicted octanol–water partition coefficient (Wildman–Crippen LogP) is 5.33. The molecule has 3 heteroatoms. The second-order valence-electron chi connectivity index (χ2n) is 4.78. The van der Waals surface area contributed by atoms with Crippen molar-refractivity contribution in [3.8, 4) is 5.75 Å². The predicted molar refractivity (Wildman–Crippen MR) is 83.7 cm³/mol. The first kappa shape index (κ1) is 16.5. The van der Waals surface area contributed by atoms with Crippen LogP contribution in [0.15, 0.2) is 22.7 Å². The van der Waals surface area contributed by atoms with Crippen molar-refractivity contribution in [1.29, 1.82) is 0 Å². The van der Waals surface area contributed by atoms with Crippen molar-refractivity contribution in [2.24, 2.45) is 0 Å². The van der Waals surface area contributed by atoms with Crippen LogP contribution in [-0.4, -0.2) is 13.7 Å². The highest BCUT2D eigenvalue weighted by Gasteiger charge is 2.02. The number of unbranched alkanes of at least 4 members (excludes halogenated alkanes) is 5. The summed E-state index contributed by atoms with van der Waals surface area (Å²) in [6.45, 7) is 3.73. The first-order valence-electron chi connectivity index (χ1n) is 7.18. The number of halogens is 1. The van der Waals surface area contributed by atoms with Gasteiger partial charge in [-0.25, -0.2) is 0 Å². The molecular formula is C16H25BrO2. The first-order valence-corrected chi connectivity index (χ1v) is 7.97. The van der Waals surface area contributed by atoms with Crippen LogP contribution in [0.25, 0.3) is 0 Å². The van der Waals surface area contributed by atoms with E-state index >= 15 is 0 Å². The van der Waals surface area contributed by atoms with Gasteiger partial charge in [0.2, 0.25) is 0 Å². The highest BCUT2D eigenvalue weighted by Crippen LogP contribution is 2.23. The fourth-order valence-electron chi connectivity index (χ4n) is 1.96. The van der Waals surface area contributed by atoms with Gasteiger partial charge in [0.05, 0.1) is 13.7 Å². The third-order valence-corrected chi connectivity index (χ3v) is 3.93. The minimum atomic E-state index is 0.646. The molecule has 108 valence electrons. The number of rotatable bonds is 10. The van der Waals surface area contributed by atoms with E-state index in [0.29, 0.717) is 6.61 Å². The van der Waals surface area contributed by atoms with Gasteiger partial charge in [-0.2, -0.15) is 0 Å². The molecule has 0 atom stereocenters. The van der Waals surface area contributed by atoms with Gasteiger partial charge in [-0.15, -0.1) is 0 Å². The topological polar surface area (TPSA) is 18.5 Å². The molecule has 1 rings (SSSR count). The maximum Gasteiger partial charge on any atom is 0.119 e. The van der Waals surface area contributed by atoms with E-state index in [4.69, 9.17) is 9.47 Å². The van der Waals surface area contributed by atoms with Crippen molar-refractivity contribution in [3.05, 3.63) is 28.2 Å². The Bertz CT molecular complexity index is 353. The van der Waals surface area contributed by atoms with Crippen molar-refractivity contribution in [2.75, 3.05) is 13.7 Å². The molecule has 0 aliphatic carbocycles. The Hall–Kier alpha value is -0.540. The Morgan fingerprint density at radius 2 is 1.79 bits per heavy atom. The SMILES string of the molecule is CCCCCCCCOCc1cc(OC)ccc1Br. The number of hydrogen-bond donors (Lipinski definition) is 0. The minimum absolute atomic E-state index is 0.646. The standard InChI is InChI=1S/C16H25BrO2/c1-3-4-5-6-7-8-11-19-13-14-12-15(18-2)9-10-16(14)17/h9-10,12H,3-8,11,13H2,1-2H3. The van der Waals surface area contributed by atoms with E-state index in [1.807, 2.05) is 18.2 Å². The van der Waals surface area contributed by atoms with Crippen LogP contribution < -0.4 is 4.74 Å². The minimum Gasteiger partial charge on any atom is -0.497 e. The van der Waals surface area contributed by atoms with E-state index in [1.165, 1.54) is 32.1 Å². The van der Waals surface area contributed by atoms with Crippen molar-refractivity contribution in [3.63, 3.8) is 0 Å². The maximum atomic E-state index is 5.72. The lowest BCUT2D eigenvalue weighted by Crippen LogP contribution is -1.97. The van der Waals surface area contributed by atoms with E-state index in [9.17, 15) is 0 Å². The summed E-state index contributed by atoms with van der Waals surface area (Å²) < 4.78 is 12.0. The van der Waals surface area contributed by atoms with Crippen LogP contribution in [0.4, 0.5) is 0 Å². The van der Waals surface area contributed by atoms with Crippen LogP contribution in [0.1, 0.15) is 51.0 Å². The van der Waals surface area contributed by atoms with Crippen LogP contribution in [-0.2, 0) is 11.3 Å². The summed E-state index contributed by atoms with van der Waals surface area (Å²) in [6.07, 6.45) is 7.79. The van der Waals surface area contributed by atoms with E-state index in [2.05, 4.69) is 22.9 Å². The van der Waals surface area contributed by atoms with Gasteiger partial charge in [0, 0.05) is 11.1 Å². The molecule has 1 aromatic rings. The molecule has 0 radical (unpaired) electrons. The Labute approximate surface area is 125 Å². The van der Waals surface area contributed by atoms with Gasteiger partial charge >= 0.3 is 0 Å². The van der Waals surface area contributed by atoms with Gasteiger partial charge in [-0.1, -0.05) is 55.0 Å². The fourth-order valence-corrected chi connectivity index (χ4v) is 2.32. The third-order valence-electron chi connectivity index (χ3n) is 3.15. The van der Waals surface area contributed by atoms with Gasteiger partial charge in [0.25, 0.3) is 0 Å². The quantitative estimate of drug-likeness (QED) is 0.540. The number of benzene rings is 1. The molecule has 0 N–H and O–H groups in total. The van der Waals surface area contributed by atoms with Gasteiger partial charge in [-0.05, 0) is 30.2 Å². The van der Waals surface area contributed by atoms with Crippen molar-refractivity contribution >= 4 is 15.9 Å². The normalized spacial score (nSPS) is 10.7. The lowest BCUT2D eigenvalue weighted by molar-refractivity contribution is 0.116. The number of methoxy groups -OCH3 is 1.